The van der Waals surface area contributed by atoms with Crippen LogP contribution in [0.4, 0.5) is 0 Å². The molecule has 1 aromatic carbocycles. The summed E-state index contributed by atoms with van der Waals surface area (Å²) >= 11 is 0. The Kier molecular flexibility index (Phi) is 11.8. The van der Waals surface area contributed by atoms with Crippen molar-refractivity contribution in [3.05, 3.63) is 69.1 Å². The molecular formula is C17H17Cl2PZr. The van der Waals surface area contributed by atoms with E-state index in [1.165, 1.54) is 21.6 Å². The van der Waals surface area contributed by atoms with Gasteiger partial charge in [0.15, 0.2) is 0 Å². The molecule has 0 radical (unpaired) electrons. The second-order valence-electron chi connectivity index (χ2n) is 4.51. The van der Waals surface area contributed by atoms with Gasteiger partial charge in [0.1, 0.15) is 0 Å². The van der Waals surface area contributed by atoms with Gasteiger partial charge in [-0.05, 0) is 0 Å². The van der Waals surface area contributed by atoms with E-state index < -0.39 is 0 Å². The third-order valence-corrected chi connectivity index (χ3v) is 4.40. The summed E-state index contributed by atoms with van der Waals surface area (Å²) in [6.07, 6.45) is 5.18. The zero-order valence-corrected chi connectivity index (χ0v) is 17.3. The Morgan fingerprint density at radius 2 is 1.67 bits per heavy atom. The molecule has 21 heavy (non-hydrogen) atoms. The Labute approximate surface area is 160 Å². The third-order valence-electron chi connectivity index (χ3n) is 3.15. The Hall–Kier alpha value is -0.0569. The maximum Gasteiger partial charge on any atom is 4.00 e. The molecule has 4 heteroatoms. The van der Waals surface area contributed by atoms with Crippen molar-refractivity contribution in [2.75, 3.05) is 0 Å². The van der Waals surface area contributed by atoms with Crippen LogP contribution in [0.1, 0.15) is 16.4 Å². The first-order chi connectivity index (χ1) is 8.58. The predicted octanol–water partition coefficient (Wildman–Crippen LogP) is -2.86. The monoisotopic (exact) mass is 412 g/mol. The van der Waals surface area contributed by atoms with E-state index in [-0.39, 0.29) is 51.0 Å². The molecule has 2 aromatic rings. The van der Waals surface area contributed by atoms with Gasteiger partial charge in [-0.1, -0.05) is 39.0 Å². The Balaban J connectivity index is 0. The molecule has 0 bridgehead atoms. The van der Waals surface area contributed by atoms with Crippen LogP contribution < -0.4 is 35.3 Å². The van der Waals surface area contributed by atoms with Crippen LogP contribution in [0.15, 0.2) is 36.4 Å². The number of fused-ring (bicyclic) bond motifs is 1. The van der Waals surface area contributed by atoms with Gasteiger partial charge in [-0.25, -0.2) is 0 Å². The SMILES string of the molecule is C=C1[C-]=c2ccccc2=C1.Cc1[c-][pH]c(C)c1C.[Cl-].[Cl-].[Zr+4]. The van der Waals surface area contributed by atoms with Crippen molar-refractivity contribution in [3.8, 4) is 0 Å². The molecule has 1 aliphatic carbocycles. The first-order valence-electron chi connectivity index (χ1n) is 6.01. The van der Waals surface area contributed by atoms with Gasteiger partial charge in [0.05, 0.1) is 0 Å². The number of rotatable bonds is 0. The summed E-state index contributed by atoms with van der Waals surface area (Å²) < 4.78 is 0. The van der Waals surface area contributed by atoms with Gasteiger partial charge in [-0.2, -0.15) is 28.8 Å². The Morgan fingerprint density at radius 3 is 2.10 bits per heavy atom. The van der Waals surface area contributed by atoms with Gasteiger partial charge in [0.25, 0.3) is 0 Å². The number of aryl methyl sites for hydroxylation is 2. The van der Waals surface area contributed by atoms with Crippen molar-refractivity contribution < 1.29 is 51.0 Å². The van der Waals surface area contributed by atoms with Crippen LogP contribution in [0.25, 0.3) is 12.2 Å². The van der Waals surface area contributed by atoms with Crippen molar-refractivity contribution in [3.63, 3.8) is 0 Å². The molecule has 0 aliphatic heterocycles. The maximum atomic E-state index is 3.80. The van der Waals surface area contributed by atoms with E-state index in [0.717, 1.165) is 19.0 Å². The standard InChI is InChI=1S/C10H7.C7H10P.2ClH.Zr/c1-8-6-9-4-2-3-5-10(9)7-8;1-5-4-8-7(3)6(5)2;;;/h2-6H,1H2;8H,1-3H3;2*1H;/q2*-1;;;+4/p-2. The molecule has 0 nitrogen and oxygen atoms in total. The zero-order chi connectivity index (χ0) is 13.1. The van der Waals surface area contributed by atoms with E-state index >= 15 is 0 Å². The van der Waals surface area contributed by atoms with Crippen molar-refractivity contribution in [2.24, 2.45) is 0 Å². The minimum atomic E-state index is 0. The topological polar surface area (TPSA) is 0 Å². The summed E-state index contributed by atoms with van der Waals surface area (Å²) in [6, 6.07) is 8.15. The molecule has 0 saturated carbocycles. The van der Waals surface area contributed by atoms with Crippen molar-refractivity contribution in [1.29, 1.82) is 0 Å². The number of allylic oxidation sites excluding steroid dienone is 1. The first-order valence-corrected chi connectivity index (χ1v) is 7.01. The first kappa shape index (κ1) is 23.2. The van der Waals surface area contributed by atoms with Crippen LogP contribution in [0.2, 0.25) is 0 Å². The normalized spacial score (nSPS) is 10.7. The Morgan fingerprint density at radius 1 is 1.05 bits per heavy atom. The van der Waals surface area contributed by atoms with Gasteiger partial charge >= 0.3 is 26.2 Å². The molecule has 0 amide bonds. The van der Waals surface area contributed by atoms with Crippen molar-refractivity contribution in [2.45, 2.75) is 20.8 Å². The van der Waals surface area contributed by atoms with Crippen LogP contribution in [0.5, 0.6) is 0 Å². The molecule has 0 saturated heterocycles. The van der Waals surface area contributed by atoms with E-state index in [4.69, 9.17) is 0 Å². The van der Waals surface area contributed by atoms with Crippen molar-refractivity contribution >= 4 is 20.3 Å². The van der Waals surface area contributed by atoms with Gasteiger partial charge in [0, 0.05) is 0 Å². The number of benzene rings is 1. The molecule has 1 heterocycles. The average Bonchev–Trinajstić information content (AvgIpc) is 2.87. The van der Waals surface area contributed by atoms with E-state index in [9.17, 15) is 0 Å². The van der Waals surface area contributed by atoms with Crippen LogP contribution in [-0.4, -0.2) is 0 Å². The quantitative estimate of drug-likeness (QED) is 0.407. The summed E-state index contributed by atoms with van der Waals surface area (Å²) in [5.74, 6) is 3.29. The fourth-order valence-corrected chi connectivity index (χ4v) is 2.73. The van der Waals surface area contributed by atoms with Crippen LogP contribution in [0.3, 0.4) is 0 Å². The third kappa shape index (κ3) is 6.29. The molecule has 1 aliphatic rings. The zero-order valence-electron chi connectivity index (χ0n) is 12.3. The summed E-state index contributed by atoms with van der Waals surface area (Å²) in [7, 11) is 0.836. The van der Waals surface area contributed by atoms with Gasteiger partial charge < -0.3 is 24.8 Å². The molecule has 1 atom stereocenters. The van der Waals surface area contributed by atoms with Crippen molar-refractivity contribution in [1.82, 2.24) is 0 Å². The average molecular weight is 414 g/mol. The molecule has 1 unspecified atom stereocenters. The Bertz CT molecular complexity index is 645. The molecule has 3 rings (SSSR count). The number of halogens is 2. The fourth-order valence-electron chi connectivity index (χ4n) is 1.79. The van der Waals surface area contributed by atoms with Crippen LogP contribution >= 0.6 is 8.19 Å². The minimum Gasteiger partial charge on any atom is -1.00 e. The molecule has 108 valence electrons. The summed E-state index contributed by atoms with van der Waals surface area (Å²) in [5.41, 5.74) is 3.77. The summed E-state index contributed by atoms with van der Waals surface area (Å²) in [5, 5.41) is 3.89. The molecule has 0 fully saturated rings. The smallest absolute Gasteiger partial charge is 1.00 e. The minimum absolute atomic E-state index is 0. The summed E-state index contributed by atoms with van der Waals surface area (Å²) in [4.78, 5) is 0. The molecule has 0 N–H and O–H groups in total. The second-order valence-corrected chi connectivity index (χ2v) is 5.76. The number of hydrogen-bond donors (Lipinski definition) is 0. The van der Waals surface area contributed by atoms with E-state index in [1.54, 1.807) is 0 Å². The van der Waals surface area contributed by atoms with E-state index in [2.05, 4.69) is 45.3 Å². The van der Waals surface area contributed by atoms with Gasteiger partial charge in [-0.15, -0.1) is 34.2 Å². The largest absolute Gasteiger partial charge is 4.00 e. The van der Waals surface area contributed by atoms with Crippen LogP contribution in [0, 0.1) is 26.6 Å². The van der Waals surface area contributed by atoms with Gasteiger partial charge in [0.2, 0.25) is 0 Å². The fraction of sp³-hybridized carbons (Fsp3) is 0.176. The van der Waals surface area contributed by atoms with Crippen LogP contribution in [-0.2, 0) is 26.2 Å². The summed E-state index contributed by atoms with van der Waals surface area (Å²) in [6.45, 7) is 10.3. The molecule has 0 spiro atoms. The van der Waals surface area contributed by atoms with E-state index in [0.29, 0.717) is 0 Å². The maximum absolute atomic E-state index is 3.80. The molecule has 1 aromatic heterocycles. The second kappa shape index (κ2) is 10.6. The predicted molar refractivity (Wildman–Crippen MR) is 81.7 cm³/mol. The number of hydrogen-bond acceptors (Lipinski definition) is 0. The van der Waals surface area contributed by atoms with E-state index in [1.807, 2.05) is 24.3 Å². The van der Waals surface area contributed by atoms with Gasteiger partial charge in [-0.3, -0.25) is 8.19 Å². The molecular weight excluding hydrogens is 397 g/mol.